The summed E-state index contributed by atoms with van der Waals surface area (Å²) in [6.07, 6.45) is 2.59. The lowest BCUT2D eigenvalue weighted by Gasteiger charge is -2.15. The molecule has 0 spiro atoms. The zero-order chi connectivity index (χ0) is 13.1. The number of hydrogen-bond acceptors (Lipinski definition) is 5. The van der Waals surface area contributed by atoms with E-state index in [9.17, 15) is 4.79 Å². The quantitative estimate of drug-likeness (QED) is 0.817. The third-order valence-corrected chi connectivity index (χ3v) is 4.19. The van der Waals surface area contributed by atoms with Crippen LogP contribution in [0, 0.1) is 6.92 Å². The third kappa shape index (κ3) is 3.00. The van der Waals surface area contributed by atoms with E-state index in [0.717, 1.165) is 23.3 Å². The predicted octanol–water partition coefficient (Wildman–Crippen LogP) is 1.32. The molecule has 1 amide bonds. The fourth-order valence-corrected chi connectivity index (χ4v) is 2.68. The van der Waals surface area contributed by atoms with Crippen LogP contribution in [0.3, 0.4) is 0 Å². The molecule has 0 unspecified atom stereocenters. The smallest absolute Gasteiger partial charge is 0.256 e. The van der Waals surface area contributed by atoms with Crippen LogP contribution in [-0.2, 0) is 0 Å². The van der Waals surface area contributed by atoms with Crippen molar-refractivity contribution in [1.82, 2.24) is 14.6 Å². The van der Waals surface area contributed by atoms with Crippen molar-refractivity contribution in [3.63, 3.8) is 0 Å². The van der Waals surface area contributed by atoms with E-state index < -0.39 is 0 Å². The van der Waals surface area contributed by atoms with Crippen molar-refractivity contribution in [1.29, 1.82) is 0 Å². The molecule has 100 valence electrons. The molecule has 0 aliphatic heterocycles. The van der Waals surface area contributed by atoms with Crippen LogP contribution in [0.25, 0.3) is 0 Å². The molecule has 1 aromatic rings. The van der Waals surface area contributed by atoms with Crippen molar-refractivity contribution in [3.8, 4) is 0 Å². The molecule has 0 saturated heterocycles. The number of aromatic nitrogens is 1. The van der Waals surface area contributed by atoms with Crippen LogP contribution in [-0.4, -0.2) is 48.4 Å². The van der Waals surface area contributed by atoms with E-state index in [2.05, 4.69) is 27.0 Å². The maximum Gasteiger partial charge on any atom is 0.256 e. The van der Waals surface area contributed by atoms with Gasteiger partial charge in [0.25, 0.3) is 5.91 Å². The van der Waals surface area contributed by atoms with Crippen LogP contribution >= 0.6 is 11.5 Å². The first-order valence-electron chi connectivity index (χ1n) is 6.26. The molecule has 1 aliphatic rings. The summed E-state index contributed by atoms with van der Waals surface area (Å²) >= 11 is 1.33. The lowest BCUT2D eigenvalue weighted by atomic mass is 10.2. The Morgan fingerprint density at radius 1 is 1.56 bits per heavy atom. The number of amides is 1. The Labute approximate surface area is 112 Å². The molecule has 5 nitrogen and oxygen atoms in total. The van der Waals surface area contributed by atoms with Gasteiger partial charge < -0.3 is 15.5 Å². The van der Waals surface area contributed by atoms with Crippen LogP contribution in [0.1, 0.15) is 28.9 Å². The molecular weight excluding hydrogens is 248 g/mol. The highest BCUT2D eigenvalue weighted by atomic mass is 32.1. The van der Waals surface area contributed by atoms with Gasteiger partial charge in [-0.2, -0.15) is 4.37 Å². The van der Waals surface area contributed by atoms with Crippen molar-refractivity contribution >= 4 is 22.4 Å². The summed E-state index contributed by atoms with van der Waals surface area (Å²) in [4.78, 5) is 14.4. The minimum atomic E-state index is -0.0326. The molecule has 0 bridgehead atoms. The Bertz CT molecular complexity index is 428. The van der Waals surface area contributed by atoms with E-state index in [1.165, 1.54) is 24.4 Å². The van der Waals surface area contributed by atoms with Crippen LogP contribution in [0.15, 0.2) is 0 Å². The van der Waals surface area contributed by atoms with Gasteiger partial charge in [-0.05, 0) is 38.3 Å². The number of nitrogens with zero attached hydrogens (tertiary/aromatic N) is 2. The minimum Gasteiger partial charge on any atom is -0.378 e. The van der Waals surface area contributed by atoms with Gasteiger partial charge in [-0.25, -0.2) is 0 Å². The highest BCUT2D eigenvalue weighted by molar-refractivity contribution is 7.10. The number of rotatable bonds is 6. The maximum absolute atomic E-state index is 12.1. The van der Waals surface area contributed by atoms with Crippen LogP contribution in [0.2, 0.25) is 0 Å². The summed E-state index contributed by atoms with van der Waals surface area (Å²) in [7, 11) is 3.92. The number of nitrogens with one attached hydrogen (secondary N) is 2. The Hall–Kier alpha value is -1.14. The summed E-state index contributed by atoms with van der Waals surface area (Å²) in [5, 5.41) is 6.80. The number of likely N-dealkylation sites (N-methyl/N-ethyl adjacent to an activating group) is 1. The third-order valence-electron chi connectivity index (χ3n) is 3.24. The van der Waals surface area contributed by atoms with Crippen LogP contribution < -0.4 is 10.6 Å². The van der Waals surface area contributed by atoms with E-state index in [0.29, 0.717) is 12.1 Å². The van der Waals surface area contributed by atoms with Crippen LogP contribution in [0.5, 0.6) is 0 Å². The van der Waals surface area contributed by atoms with Crippen molar-refractivity contribution < 1.29 is 4.79 Å². The average molecular weight is 268 g/mol. The monoisotopic (exact) mass is 268 g/mol. The Balaban J connectivity index is 1.84. The number of anilines is 1. The molecule has 0 aromatic carbocycles. The van der Waals surface area contributed by atoms with Gasteiger partial charge >= 0.3 is 0 Å². The van der Waals surface area contributed by atoms with Crippen molar-refractivity contribution in [3.05, 3.63) is 11.3 Å². The largest absolute Gasteiger partial charge is 0.378 e. The number of hydrogen-bond donors (Lipinski definition) is 2. The molecule has 1 fully saturated rings. The number of carbonyl (C=O) groups is 1. The zero-order valence-electron chi connectivity index (χ0n) is 11.1. The Morgan fingerprint density at radius 3 is 2.89 bits per heavy atom. The summed E-state index contributed by atoms with van der Waals surface area (Å²) < 4.78 is 4.20. The standard InChI is InChI=1S/C12H20N4OS/c1-8-10(12(13-2)18-15-8)11(17)14-6-7-16(3)9-4-5-9/h9,13H,4-7H2,1-3H3,(H,14,17). The molecule has 0 radical (unpaired) electrons. The zero-order valence-corrected chi connectivity index (χ0v) is 11.9. The normalized spacial score (nSPS) is 14.9. The van der Waals surface area contributed by atoms with Gasteiger partial charge in [0.05, 0.1) is 11.3 Å². The van der Waals surface area contributed by atoms with Gasteiger partial charge in [-0.15, -0.1) is 0 Å². The predicted molar refractivity (Wildman–Crippen MR) is 74.4 cm³/mol. The first-order chi connectivity index (χ1) is 8.63. The maximum atomic E-state index is 12.1. The van der Waals surface area contributed by atoms with E-state index >= 15 is 0 Å². The minimum absolute atomic E-state index is 0.0326. The topological polar surface area (TPSA) is 57.3 Å². The second-order valence-corrected chi connectivity index (χ2v) is 5.46. The molecule has 1 heterocycles. The molecule has 1 aromatic heterocycles. The molecule has 0 atom stereocenters. The number of aryl methyl sites for hydroxylation is 1. The fraction of sp³-hybridized carbons (Fsp3) is 0.667. The van der Waals surface area contributed by atoms with Crippen molar-refractivity contribution in [2.75, 3.05) is 32.5 Å². The van der Waals surface area contributed by atoms with Gasteiger partial charge in [-0.1, -0.05) is 0 Å². The summed E-state index contributed by atoms with van der Waals surface area (Å²) in [5.74, 6) is -0.0326. The molecule has 1 saturated carbocycles. The second-order valence-electron chi connectivity index (χ2n) is 4.69. The fourth-order valence-electron chi connectivity index (χ4n) is 1.94. The SMILES string of the molecule is CNc1snc(C)c1C(=O)NCCN(C)C1CC1. The second kappa shape index (κ2) is 5.67. The van der Waals surface area contributed by atoms with Crippen molar-refractivity contribution in [2.24, 2.45) is 0 Å². The Morgan fingerprint density at radius 2 is 2.28 bits per heavy atom. The van der Waals surface area contributed by atoms with E-state index in [-0.39, 0.29) is 5.91 Å². The summed E-state index contributed by atoms with van der Waals surface area (Å²) in [6.45, 7) is 3.45. The first kappa shape index (κ1) is 13.3. The molecule has 18 heavy (non-hydrogen) atoms. The average Bonchev–Trinajstić information content (AvgIpc) is 3.12. The lowest BCUT2D eigenvalue weighted by molar-refractivity contribution is 0.0950. The summed E-state index contributed by atoms with van der Waals surface area (Å²) in [5.41, 5.74) is 1.47. The van der Waals surface area contributed by atoms with Crippen molar-refractivity contribution in [2.45, 2.75) is 25.8 Å². The van der Waals surface area contributed by atoms with Gasteiger partial charge in [-0.3, -0.25) is 4.79 Å². The first-order valence-corrected chi connectivity index (χ1v) is 7.03. The molecule has 6 heteroatoms. The molecule has 1 aliphatic carbocycles. The van der Waals surface area contributed by atoms with E-state index in [1.807, 2.05) is 14.0 Å². The molecule has 2 N–H and O–H groups in total. The van der Waals surface area contributed by atoms with E-state index in [1.54, 1.807) is 0 Å². The van der Waals surface area contributed by atoms with Gasteiger partial charge in [0.1, 0.15) is 5.00 Å². The highest BCUT2D eigenvalue weighted by Crippen LogP contribution is 2.25. The Kier molecular flexibility index (Phi) is 4.19. The lowest BCUT2D eigenvalue weighted by Crippen LogP contribution is -2.34. The van der Waals surface area contributed by atoms with Gasteiger partial charge in [0, 0.05) is 26.2 Å². The molecular formula is C12H20N4OS. The highest BCUT2D eigenvalue weighted by Gasteiger charge is 2.25. The molecule has 2 rings (SSSR count). The van der Waals surface area contributed by atoms with Gasteiger partial charge in [0.2, 0.25) is 0 Å². The van der Waals surface area contributed by atoms with Gasteiger partial charge in [0.15, 0.2) is 0 Å². The summed E-state index contributed by atoms with van der Waals surface area (Å²) in [6, 6.07) is 0.735. The van der Waals surface area contributed by atoms with Crippen LogP contribution in [0.4, 0.5) is 5.00 Å². The van der Waals surface area contributed by atoms with E-state index in [4.69, 9.17) is 0 Å². The number of carbonyl (C=O) groups excluding carboxylic acids is 1.